The van der Waals surface area contributed by atoms with Crippen LogP contribution in [0.1, 0.15) is 55.4 Å². The zero-order valence-corrected chi connectivity index (χ0v) is 19.2. The molecule has 172 valence electrons. The summed E-state index contributed by atoms with van der Waals surface area (Å²) in [6.07, 6.45) is 6.85. The van der Waals surface area contributed by atoms with Crippen LogP contribution in [-0.2, 0) is 4.79 Å². The molecule has 0 radical (unpaired) electrons. The van der Waals surface area contributed by atoms with Crippen LogP contribution < -0.4 is 9.64 Å². The van der Waals surface area contributed by atoms with Crippen molar-refractivity contribution in [3.8, 4) is 5.75 Å². The van der Waals surface area contributed by atoms with Crippen LogP contribution in [0, 0.1) is 18.4 Å². The highest BCUT2D eigenvalue weighted by atomic mass is 35.5. The Morgan fingerprint density at radius 3 is 2.48 bits per heavy atom. The molecule has 33 heavy (non-hydrogen) atoms. The summed E-state index contributed by atoms with van der Waals surface area (Å²) >= 11 is 6.09. The molecule has 0 N–H and O–H groups in total. The average Bonchev–Trinajstić information content (AvgIpc) is 2.85. The summed E-state index contributed by atoms with van der Waals surface area (Å²) in [5.41, 5.74) is 0.833. The summed E-state index contributed by atoms with van der Waals surface area (Å²) in [4.78, 5) is 29.1. The van der Waals surface area contributed by atoms with Gasteiger partial charge in [-0.25, -0.2) is 4.85 Å². The molecule has 0 unspecified atom stereocenters. The Morgan fingerprint density at radius 2 is 1.88 bits per heavy atom. The minimum absolute atomic E-state index is 0.0274. The van der Waals surface area contributed by atoms with Gasteiger partial charge in [0.25, 0.3) is 0 Å². The molecule has 0 spiro atoms. The summed E-state index contributed by atoms with van der Waals surface area (Å²) in [5, 5.41) is 8.85. The molecule has 2 fully saturated rings. The third-order valence-corrected chi connectivity index (χ3v) is 6.91. The van der Waals surface area contributed by atoms with Gasteiger partial charge in [0, 0.05) is 25.4 Å². The van der Waals surface area contributed by atoms with Crippen molar-refractivity contribution in [2.75, 3.05) is 18.0 Å². The molecule has 0 bridgehead atoms. The van der Waals surface area contributed by atoms with Gasteiger partial charge in [-0.15, -0.1) is 10.2 Å². The lowest BCUT2D eigenvalue weighted by atomic mass is 9.84. The highest BCUT2D eigenvalue weighted by Gasteiger charge is 2.26. The molecule has 1 aliphatic heterocycles. The lowest BCUT2D eigenvalue weighted by Crippen LogP contribution is -2.34. The lowest BCUT2D eigenvalue weighted by Gasteiger charge is -2.30. The fraction of sp³-hybridized carbons (Fsp3) is 0.480. The van der Waals surface area contributed by atoms with Gasteiger partial charge in [0.05, 0.1) is 17.7 Å². The summed E-state index contributed by atoms with van der Waals surface area (Å²) in [7, 11) is 0. The summed E-state index contributed by atoms with van der Waals surface area (Å²) in [5.74, 6) is 1.92. The zero-order chi connectivity index (χ0) is 23.2. The van der Waals surface area contributed by atoms with Crippen LogP contribution in [0.2, 0.25) is 5.02 Å². The van der Waals surface area contributed by atoms with E-state index in [1.807, 2.05) is 6.07 Å². The van der Waals surface area contributed by atoms with Crippen molar-refractivity contribution in [1.82, 2.24) is 10.2 Å². The van der Waals surface area contributed by atoms with Crippen molar-refractivity contribution >= 4 is 35.2 Å². The van der Waals surface area contributed by atoms with Gasteiger partial charge in [0.15, 0.2) is 11.6 Å². The van der Waals surface area contributed by atoms with Crippen LogP contribution in [0.4, 0.5) is 11.5 Å². The maximum atomic E-state index is 12.7. The Labute approximate surface area is 198 Å². The molecule has 4 rings (SSSR count). The quantitative estimate of drug-likeness (QED) is 0.313. The number of carbonyl (C=O) groups excluding carboxylic acids is 2. The molecule has 2 aliphatic rings. The number of aromatic nitrogens is 2. The number of hydrogen-bond donors (Lipinski definition) is 0. The van der Waals surface area contributed by atoms with Gasteiger partial charge in [-0.1, -0.05) is 17.7 Å². The number of ketones is 1. The Kier molecular flexibility index (Phi) is 7.56. The highest BCUT2D eigenvalue weighted by molar-refractivity contribution is 6.33. The molecule has 0 atom stereocenters. The van der Waals surface area contributed by atoms with Crippen LogP contribution in [-0.4, -0.2) is 41.5 Å². The van der Waals surface area contributed by atoms with E-state index in [0.717, 1.165) is 63.7 Å². The first kappa shape index (κ1) is 23.2. The number of piperidine rings is 1. The van der Waals surface area contributed by atoms with E-state index in [1.54, 1.807) is 24.3 Å². The van der Waals surface area contributed by atoms with Crippen molar-refractivity contribution in [3.05, 3.63) is 52.5 Å². The van der Waals surface area contributed by atoms with Gasteiger partial charge >= 0.3 is 0 Å². The number of anilines is 1. The molecule has 1 saturated carbocycles. The van der Waals surface area contributed by atoms with Gasteiger partial charge in [-0.2, -0.15) is 0 Å². The van der Waals surface area contributed by atoms with E-state index < -0.39 is 0 Å². The number of ether oxygens (including phenoxy) is 1. The molecule has 7 nitrogen and oxygen atoms in total. The van der Waals surface area contributed by atoms with Gasteiger partial charge in [-0.3, -0.25) is 4.79 Å². The number of Topliss-reactive ketones (excluding diaryl/α,β-unsaturated/α-hetero) is 1. The van der Waals surface area contributed by atoms with Crippen molar-refractivity contribution in [2.24, 2.45) is 11.8 Å². The van der Waals surface area contributed by atoms with E-state index in [4.69, 9.17) is 22.9 Å². The second-order valence-electron chi connectivity index (χ2n) is 8.85. The molecule has 1 aliphatic carbocycles. The smallest absolute Gasteiger partial charge is 0.205 e. The first-order chi connectivity index (χ1) is 16.1. The molecular formula is C25H27ClN4O3. The number of nitrogens with zero attached hydrogens (tertiary/aromatic N) is 4. The largest absolute Gasteiger partial charge is 0.490 e. The minimum atomic E-state index is 0.0274. The highest BCUT2D eigenvalue weighted by Crippen LogP contribution is 2.33. The van der Waals surface area contributed by atoms with Crippen LogP contribution in [0.15, 0.2) is 30.3 Å². The van der Waals surface area contributed by atoms with E-state index >= 15 is 0 Å². The van der Waals surface area contributed by atoms with E-state index in [1.165, 1.54) is 0 Å². The lowest BCUT2D eigenvalue weighted by molar-refractivity contribution is -0.111. The summed E-state index contributed by atoms with van der Waals surface area (Å²) in [6, 6.07) is 8.77. The molecule has 1 saturated heterocycles. The van der Waals surface area contributed by atoms with Gasteiger partial charge in [0.2, 0.25) is 5.69 Å². The van der Waals surface area contributed by atoms with Crippen molar-refractivity contribution < 1.29 is 14.3 Å². The monoisotopic (exact) mass is 466 g/mol. The van der Waals surface area contributed by atoms with Crippen molar-refractivity contribution in [2.45, 2.75) is 51.0 Å². The fourth-order valence-electron chi connectivity index (χ4n) is 4.57. The van der Waals surface area contributed by atoms with Crippen molar-refractivity contribution in [1.29, 1.82) is 0 Å². The first-order valence-corrected chi connectivity index (χ1v) is 11.8. The molecule has 2 aromatic rings. The normalized spacial score (nSPS) is 21.3. The van der Waals surface area contributed by atoms with E-state index in [2.05, 4.69) is 19.9 Å². The Balaban J connectivity index is 1.24. The summed E-state index contributed by atoms with van der Waals surface area (Å²) < 4.78 is 6.04. The molecule has 1 aromatic heterocycles. The van der Waals surface area contributed by atoms with Crippen LogP contribution >= 0.6 is 11.6 Å². The van der Waals surface area contributed by atoms with Crippen molar-refractivity contribution in [3.63, 3.8) is 0 Å². The Hall–Kier alpha value is -2.98. The van der Waals surface area contributed by atoms with Gasteiger partial charge in [0.1, 0.15) is 17.7 Å². The zero-order valence-electron chi connectivity index (χ0n) is 18.5. The maximum absolute atomic E-state index is 12.7. The molecule has 2 heterocycles. The van der Waals surface area contributed by atoms with E-state index in [0.29, 0.717) is 34.5 Å². The second-order valence-corrected chi connectivity index (χ2v) is 9.26. The first-order valence-electron chi connectivity index (χ1n) is 11.5. The molecule has 1 aromatic carbocycles. The average molecular weight is 467 g/mol. The second kappa shape index (κ2) is 10.8. The third-order valence-electron chi connectivity index (χ3n) is 6.60. The number of benzene rings is 1. The van der Waals surface area contributed by atoms with Crippen LogP contribution in [0.25, 0.3) is 4.85 Å². The number of hydrogen-bond acceptors (Lipinski definition) is 6. The maximum Gasteiger partial charge on any atom is 0.205 e. The number of carbonyl (C=O) groups is 2. The van der Waals surface area contributed by atoms with E-state index in [9.17, 15) is 9.59 Å². The molecule has 8 heteroatoms. The standard InChI is InChI=1S/C25H27ClN4O3/c1-27-22-7-6-20(15-21(22)26)33-19-4-2-17(3-5-19)14-24(32)23-8-9-25(29-28-23)30-12-10-18(16-31)11-13-30/h6-9,15-19H,2-5,10-14H2. The predicted octanol–water partition coefficient (Wildman–Crippen LogP) is 5.31. The topological polar surface area (TPSA) is 76.8 Å². The number of halogens is 1. The predicted molar refractivity (Wildman–Crippen MR) is 126 cm³/mol. The van der Waals surface area contributed by atoms with Gasteiger partial charge in [-0.05, 0) is 68.7 Å². The molecule has 0 amide bonds. The fourth-order valence-corrected chi connectivity index (χ4v) is 4.78. The van der Waals surface area contributed by atoms with E-state index in [-0.39, 0.29) is 17.8 Å². The van der Waals surface area contributed by atoms with Gasteiger partial charge < -0.3 is 14.4 Å². The minimum Gasteiger partial charge on any atom is -0.490 e. The third kappa shape index (κ3) is 5.88. The van der Waals surface area contributed by atoms with Crippen LogP contribution in [0.3, 0.4) is 0 Å². The Morgan fingerprint density at radius 1 is 1.12 bits per heavy atom. The SMILES string of the molecule is [C-]#[N+]c1ccc(OC2CCC(CC(=O)c3ccc(N4CCC(C=O)CC4)nn3)CC2)cc1Cl. The van der Waals surface area contributed by atoms with Crippen LogP contribution in [0.5, 0.6) is 5.75 Å². The summed E-state index contributed by atoms with van der Waals surface area (Å²) in [6.45, 7) is 8.64. The Bertz CT molecular complexity index is 1020. The number of aldehydes is 1. The number of rotatable bonds is 7. The molecular weight excluding hydrogens is 440 g/mol.